The van der Waals surface area contributed by atoms with Crippen LogP contribution in [0.3, 0.4) is 0 Å². The van der Waals surface area contributed by atoms with Crippen LogP contribution in [0.4, 0.5) is 0 Å². The molecule has 0 radical (unpaired) electrons. The number of halogens is 1. The molecule has 27 heavy (non-hydrogen) atoms. The van der Waals surface area contributed by atoms with Crippen molar-refractivity contribution in [1.29, 1.82) is 0 Å². The average Bonchev–Trinajstić information content (AvgIpc) is 2.72. The molecule has 0 N–H and O–H groups in total. The predicted molar refractivity (Wildman–Crippen MR) is 109 cm³/mol. The first-order valence-corrected chi connectivity index (χ1v) is 9.12. The molecule has 3 nitrogen and oxygen atoms in total. The van der Waals surface area contributed by atoms with Gasteiger partial charge in [-0.1, -0.05) is 84.4 Å². The van der Waals surface area contributed by atoms with Crippen LogP contribution in [0.1, 0.15) is 16.7 Å². The van der Waals surface area contributed by atoms with Gasteiger partial charge in [-0.3, -0.25) is 4.99 Å². The van der Waals surface area contributed by atoms with E-state index in [1.54, 1.807) is 18.3 Å². The number of nitrogens with zero attached hydrogens (tertiary/aromatic N) is 1. The number of aliphatic imine (C=N–C) groups is 1. The molecule has 3 rings (SSSR count). The monoisotopic (exact) mass is 377 g/mol. The maximum atomic E-state index is 12.6. The number of benzene rings is 3. The van der Waals surface area contributed by atoms with Gasteiger partial charge in [0.15, 0.2) is 6.04 Å². The van der Waals surface area contributed by atoms with E-state index in [4.69, 9.17) is 16.3 Å². The molecule has 0 fully saturated rings. The van der Waals surface area contributed by atoms with Gasteiger partial charge in [0, 0.05) is 17.7 Å². The van der Waals surface area contributed by atoms with Crippen LogP contribution in [-0.2, 0) is 22.6 Å². The predicted octanol–water partition coefficient (Wildman–Crippen LogP) is 5.11. The van der Waals surface area contributed by atoms with Gasteiger partial charge in [-0.05, 0) is 28.8 Å². The summed E-state index contributed by atoms with van der Waals surface area (Å²) in [6, 6.07) is 26.1. The summed E-state index contributed by atoms with van der Waals surface area (Å²) in [5.74, 6) is -0.340. The Labute approximate surface area is 164 Å². The van der Waals surface area contributed by atoms with E-state index in [0.29, 0.717) is 11.4 Å². The Hall–Kier alpha value is -2.91. The van der Waals surface area contributed by atoms with E-state index in [1.807, 2.05) is 72.8 Å². The summed E-state index contributed by atoms with van der Waals surface area (Å²) in [5, 5.41) is 0.662. The molecule has 1 atom stereocenters. The summed E-state index contributed by atoms with van der Waals surface area (Å²) in [7, 11) is 0. The van der Waals surface area contributed by atoms with Crippen molar-refractivity contribution in [2.24, 2.45) is 4.99 Å². The first kappa shape index (κ1) is 18.9. The van der Waals surface area contributed by atoms with Crippen molar-refractivity contribution in [3.05, 3.63) is 107 Å². The van der Waals surface area contributed by atoms with Crippen molar-refractivity contribution >= 4 is 23.8 Å². The number of carbonyl (C=O) groups excluding carboxylic acids is 1. The normalized spacial score (nSPS) is 12.0. The summed E-state index contributed by atoms with van der Waals surface area (Å²) in [5.41, 5.74) is 2.87. The second-order valence-corrected chi connectivity index (χ2v) is 6.56. The molecule has 3 aromatic carbocycles. The van der Waals surface area contributed by atoms with Gasteiger partial charge in [0.2, 0.25) is 0 Å². The van der Waals surface area contributed by atoms with Gasteiger partial charge in [0.05, 0.1) is 0 Å². The Morgan fingerprint density at radius 2 is 1.48 bits per heavy atom. The highest BCUT2D eigenvalue weighted by molar-refractivity contribution is 6.30. The molecule has 0 aliphatic heterocycles. The molecule has 136 valence electrons. The standard InChI is InChI=1S/C23H20ClNO2/c24-21-13-11-19(12-14-21)16-25-22(15-18-7-3-1-4-8-18)23(26)27-17-20-9-5-2-6-10-20/h1-14,16,22H,15,17H2. The van der Waals surface area contributed by atoms with E-state index >= 15 is 0 Å². The van der Waals surface area contributed by atoms with Crippen molar-refractivity contribution in [1.82, 2.24) is 0 Å². The highest BCUT2D eigenvalue weighted by Crippen LogP contribution is 2.12. The largest absolute Gasteiger partial charge is 0.459 e. The third-order valence-corrected chi connectivity index (χ3v) is 4.29. The van der Waals surface area contributed by atoms with Crippen molar-refractivity contribution in [3.8, 4) is 0 Å². The van der Waals surface area contributed by atoms with Crippen molar-refractivity contribution in [3.63, 3.8) is 0 Å². The minimum Gasteiger partial charge on any atom is -0.459 e. The number of ether oxygens (including phenoxy) is 1. The Bertz CT molecular complexity index is 877. The van der Waals surface area contributed by atoms with Gasteiger partial charge >= 0.3 is 5.97 Å². The number of rotatable bonds is 7. The average molecular weight is 378 g/mol. The van der Waals surface area contributed by atoms with Gasteiger partial charge in [0.1, 0.15) is 6.61 Å². The van der Waals surface area contributed by atoms with Crippen LogP contribution in [0.15, 0.2) is 89.9 Å². The maximum absolute atomic E-state index is 12.6. The molecular weight excluding hydrogens is 358 g/mol. The van der Waals surface area contributed by atoms with Crippen LogP contribution in [0.25, 0.3) is 0 Å². The summed E-state index contributed by atoms with van der Waals surface area (Å²) in [6.07, 6.45) is 2.17. The van der Waals surface area contributed by atoms with Gasteiger partial charge in [0.25, 0.3) is 0 Å². The number of hydrogen-bond acceptors (Lipinski definition) is 3. The fourth-order valence-corrected chi connectivity index (χ4v) is 2.71. The number of esters is 1. The smallest absolute Gasteiger partial charge is 0.331 e. The van der Waals surface area contributed by atoms with Crippen LogP contribution in [-0.4, -0.2) is 18.2 Å². The lowest BCUT2D eigenvalue weighted by molar-refractivity contribution is -0.146. The third kappa shape index (κ3) is 6.08. The fraction of sp³-hybridized carbons (Fsp3) is 0.130. The number of carbonyl (C=O) groups is 1. The molecule has 3 aromatic rings. The Kier molecular flexibility index (Phi) is 6.78. The second kappa shape index (κ2) is 9.70. The van der Waals surface area contributed by atoms with Crippen molar-refractivity contribution < 1.29 is 9.53 Å². The zero-order chi connectivity index (χ0) is 18.9. The first-order chi connectivity index (χ1) is 13.2. The van der Waals surface area contributed by atoms with Crippen molar-refractivity contribution in [2.75, 3.05) is 0 Å². The lowest BCUT2D eigenvalue weighted by Crippen LogP contribution is -2.24. The molecule has 0 heterocycles. The molecule has 0 bridgehead atoms. The van der Waals surface area contributed by atoms with Crippen LogP contribution in [0.2, 0.25) is 5.02 Å². The molecule has 0 amide bonds. The minimum absolute atomic E-state index is 0.238. The third-order valence-electron chi connectivity index (χ3n) is 4.04. The maximum Gasteiger partial charge on any atom is 0.331 e. The van der Waals surface area contributed by atoms with Crippen LogP contribution in [0, 0.1) is 0 Å². The summed E-state index contributed by atoms with van der Waals surface area (Å²) < 4.78 is 5.50. The summed E-state index contributed by atoms with van der Waals surface area (Å²) in [6.45, 7) is 0.238. The molecule has 0 aliphatic rings. The van der Waals surface area contributed by atoms with Gasteiger partial charge < -0.3 is 4.74 Å². The molecule has 0 saturated heterocycles. The highest BCUT2D eigenvalue weighted by Gasteiger charge is 2.19. The highest BCUT2D eigenvalue weighted by atomic mass is 35.5. The minimum atomic E-state index is -0.605. The number of hydrogen-bond donors (Lipinski definition) is 0. The summed E-state index contributed by atoms with van der Waals surface area (Å²) in [4.78, 5) is 17.1. The van der Waals surface area contributed by atoms with Gasteiger partial charge in [-0.15, -0.1) is 0 Å². The molecular formula is C23H20ClNO2. The van der Waals surface area contributed by atoms with Gasteiger partial charge in [-0.2, -0.15) is 0 Å². The zero-order valence-corrected chi connectivity index (χ0v) is 15.5. The quantitative estimate of drug-likeness (QED) is 0.423. The van der Waals surface area contributed by atoms with Crippen LogP contribution >= 0.6 is 11.6 Å². The molecule has 0 aliphatic carbocycles. The van der Waals surface area contributed by atoms with E-state index in [2.05, 4.69) is 4.99 Å². The van der Waals surface area contributed by atoms with E-state index in [-0.39, 0.29) is 12.6 Å². The fourth-order valence-electron chi connectivity index (χ4n) is 2.58. The Balaban J connectivity index is 1.71. The Morgan fingerprint density at radius 3 is 2.11 bits per heavy atom. The van der Waals surface area contributed by atoms with Crippen LogP contribution < -0.4 is 0 Å². The molecule has 0 saturated carbocycles. The second-order valence-electron chi connectivity index (χ2n) is 6.13. The lowest BCUT2D eigenvalue weighted by atomic mass is 10.1. The van der Waals surface area contributed by atoms with Crippen LogP contribution in [0.5, 0.6) is 0 Å². The molecule has 0 spiro atoms. The van der Waals surface area contributed by atoms with E-state index in [1.165, 1.54) is 0 Å². The topological polar surface area (TPSA) is 38.7 Å². The molecule has 1 unspecified atom stereocenters. The lowest BCUT2D eigenvalue weighted by Gasteiger charge is -2.13. The van der Waals surface area contributed by atoms with Crippen molar-refractivity contribution in [2.45, 2.75) is 19.1 Å². The van der Waals surface area contributed by atoms with Gasteiger partial charge in [-0.25, -0.2) is 4.79 Å². The van der Waals surface area contributed by atoms with E-state index in [9.17, 15) is 4.79 Å². The summed E-state index contributed by atoms with van der Waals surface area (Å²) >= 11 is 5.91. The SMILES string of the molecule is O=C(OCc1ccccc1)C(Cc1ccccc1)N=Cc1ccc(Cl)cc1. The first-order valence-electron chi connectivity index (χ1n) is 8.74. The van der Waals surface area contributed by atoms with E-state index < -0.39 is 6.04 Å². The molecule has 4 heteroatoms. The van der Waals surface area contributed by atoms with E-state index in [0.717, 1.165) is 16.7 Å². The Morgan fingerprint density at radius 1 is 0.889 bits per heavy atom. The zero-order valence-electron chi connectivity index (χ0n) is 14.8. The molecule has 0 aromatic heterocycles.